The lowest BCUT2D eigenvalue weighted by Crippen LogP contribution is -2.41. The van der Waals surface area contributed by atoms with Gasteiger partial charge < -0.3 is 5.32 Å². The summed E-state index contributed by atoms with van der Waals surface area (Å²) in [7, 11) is 0. The molecule has 1 aromatic heterocycles. The molecule has 1 N–H and O–H groups in total. The van der Waals surface area contributed by atoms with Crippen molar-refractivity contribution in [3.63, 3.8) is 0 Å². The minimum Gasteiger partial charge on any atom is -0.344 e. The molecular formula is C8H6ClF4N3O. The van der Waals surface area contributed by atoms with Crippen LogP contribution in [-0.4, -0.2) is 34.8 Å². The Morgan fingerprint density at radius 3 is 2.53 bits per heavy atom. The molecule has 0 fully saturated rings. The van der Waals surface area contributed by atoms with Crippen molar-refractivity contribution in [1.29, 1.82) is 0 Å². The van der Waals surface area contributed by atoms with Gasteiger partial charge in [-0.15, -0.1) is 0 Å². The van der Waals surface area contributed by atoms with Gasteiger partial charge in [-0.3, -0.25) is 4.79 Å². The molecule has 0 radical (unpaired) electrons. The Bertz CT molecular complexity index is 398. The first kappa shape index (κ1) is 13.6. The number of aromatic nitrogens is 2. The average Bonchev–Trinajstić information content (AvgIpc) is 2.27. The van der Waals surface area contributed by atoms with Crippen LogP contribution < -0.4 is 5.32 Å². The third kappa shape index (κ3) is 3.81. The predicted molar refractivity (Wildman–Crippen MR) is 50.3 cm³/mol. The Morgan fingerprint density at radius 2 is 2.06 bits per heavy atom. The number of carbonyl (C=O) groups is 1. The van der Waals surface area contributed by atoms with Crippen LogP contribution in [0.3, 0.4) is 0 Å². The van der Waals surface area contributed by atoms with Crippen LogP contribution in [0.4, 0.5) is 17.6 Å². The van der Waals surface area contributed by atoms with Crippen molar-refractivity contribution in [1.82, 2.24) is 15.3 Å². The molecule has 0 saturated heterocycles. The fraction of sp³-hybridized carbons (Fsp3) is 0.375. The minimum absolute atomic E-state index is 0.0134. The fourth-order valence-corrected chi connectivity index (χ4v) is 0.893. The van der Waals surface area contributed by atoms with Gasteiger partial charge in [-0.05, 0) is 0 Å². The second-order valence-electron chi connectivity index (χ2n) is 2.97. The molecule has 1 aromatic rings. The van der Waals surface area contributed by atoms with E-state index in [1.807, 2.05) is 0 Å². The van der Waals surface area contributed by atoms with Crippen molar-refractivity contribution in [2.24, 2.45) is 0 Å². The Hall–Kier alpha value is -1.44. The van der Waals surface area contributed by atoms with E-state index in [1.165, 1.54) is 0 Å². The van der Waals surface area contributed by atoms with Crippen LogP contribution in [0.5, 0.6) is 0 Å². The van der Waals surface area contributed by atoms with Crippen LogP contribution >= 0.6 is 11.6 Å². The maximum atomic E-state index is 12.5. The van der Waals surface area contributed by atoms with Crippen LogP contribution in [-0.2, 0) is 0 Å². The maximum absolute atomic E-state index is 12.5. The predicted octanol–water partition coefficient (Wildman–Crippen LogP) is 1.76. The van der Waals surface area contributed by atoms with Gasteiger partial charge >= 0.3 is 12.3 Å². The van der Waals surface area contributed by atoms with Crippen LogP contribution in [0.2, 0.25) is 5.15 Å². The van der Waals surface area contributed by atoms with E-state index in [4.69, 9.17) is 11.6 Å². The van der Waals surface area contributed by atoms with E-state index < -0.39 is 24.8 Å². The average molecular weight is 272 g/mol. The number of halogens is 5. The molecule has 1 amide bonds. The molecule has 0 atom stereocenters. The molecule has 1 heterocycles. The molecule has 0 saturated carbocycles. The number of rotatable bonds is 4. The first-order valence-corrected chi connectivity index (χ1v) is 4.62. The zero-order valence-corrected chi connectivity index (χ0v) is 8.89. The zero-order chi connectivity index (χ0) is 13.1. The molecular weight excluding hydrogens is 266 g/mol. The Morgan fingerprint density at radius 1 is 1.41 bits per heavy atom. The number of nitrogens with one attached hydrogen (secondary N) is 1. The molecule has 0 unspecified atom stereocenters. The van der Waals surface area contributed by atoms with Gasteiger partial charge in [-0.25, -0.2) is 18.7 Å². The first-order valence-electron chi connectivity index (χ1n) is 4.24. The number of hydrogen-bond donors (Lipinski definition) is 1. The van der Waals surface area contributed by atoms with Crippen LogP contribution in [0, 0.1) is 0 Å². The van der Waals surface area contributed by atoms with Gasteiger partial charge in [-0.1, -0.05) is 11.6 Å². The summed E-state index contributed by atoms with van der Waals surface area (Å²) in [6.07, 6.45) is -1.88. The van der Waals surface area contributed by atoms with Crippen LogP contribution in [0.15, 0.2) is 12.4 Å². The smallest absolute Gasteiger partial charge is 0.324 e. The molecule has 0 aliphatic carbocycles. The lowest BCUT2D eigenvalue weighted by atomic mass is 10.3. The number of amides is 1. The topological polar surface area (TPSA) is 54.9 Å². The molecule has 0 spiro atoms. The molecule has 9 heteroatoms. The number of carbonyl (C=O) groups excluding carboxylic acids is 1. The number of hydrogen-bond acceptors (Lipinski definition) is 3. The first-order chi connectivity index (χ1) is 7.83. The Kier molecular flexibility index (Phi) is 4.22. The monoisotopic (exact) mass is 271 g/mol. The van der Waals surface area contributed by atoms with Crippen molar-refractivity contribution in [3.05, 3.63) is 23.2 Å². The third-order valence-corrected chi connectivity index (χ3v) is 1.85. The maximum Gasteiger partial charge on any atom is 0.324 e. The van der Waals surface area contributed by atoms with Gasteiger partial charge in [0.1, 0.15) is 10.8 Å². The van der Waals surface area contributed by atoms with Gasteiger partial charge in [-0.2, -0.15) is 8.78 Å². The number of nitrogens with zero attached hydrogens (tertiary/aromatic N) is 2. The standard InChI is InChI=1S/C8H6ClF4N3O/c9-5-2-14-4(1-15-5)6(17)16-3-8(12,13)7(10)11/h1-2,7H,3H2,(H,16,17). The molecule has 1 rings (SSSR count). The molecule has 4 nitrogen and oxygen atoms in total. The normalized spacial score (nSPS) is 11.6. The fourth-order valence-electron chi connectivity index (χ4n) is 0.795. The second kappa shape index (κ2) is 5.26. The summed E-state index contributed by atoms with van der Waals surface area (Å²) in [5.41, 5.74) is -0.292. The molecule has 94 valence electrons. The van der Waals surface area contributed by atoms with E-state index in [0.29, 0.717) is 0 Å². The van der Waals surface area contributed by atoms with Gasteiger partial charge in [0, 0.05) is 0 Å². The summed E-state index contributed by atoms with van der Waals surface area (Å²) >= 11 is 5.38. The highest BCUT2D eigenvalue weighted by Crippen LogP contribution is 2.21. The van der Waals surface area contributed by atoms with Gasteiger partial charge in [0.25, 0.3) is 5.91 Å². The zero-order valence-electron chi connectivity index (χ0n) is 8.13. The molecule has 17 heavy (non-hydrogen) atoms. The van der Waals surface area contributed by atoms with Crippen molar-refractivity contribution >= 4 is 17.5 Å². The molecule has 0 aromatic carbocycles. The van der Waals surface area contributed by atoms with Crippen molar-refractivity contribution in [2.75, 3.05) is 6.54 Å². The summed E-state index contributed by atoms with van der Waals surface area (Å²) in [5.74, 6) is -5.32. The highest BCUT2D eigenvalue weighted by atomic mass is 35.5. The third-order valence-electron chi connectivity index (χ3n) is 1.66. The molecule has 0 aliphatic rings. The van der Waals surface area contributed by atoms with Crippen LogP contribution in [0.25, 0.3) is 0 Å². The van der Waals surface area contributed by atoms with E-state index in [1.54, 1.807) is 5.32 Å². The SMILES string of the molecule is O=C(NCC(F)(F)C(F)F)c1cnc(Cl)cn1. The van der Waals surface area contributed by atoms with E-state index >= 15 is 0 Å². The minimum atomic E-state index is -4.28. The molecule has 0 bridgehead atoms. The highest BCUT2D eigenvalue weighted by Gasteiger charge is 2.40. The highest BCUT2D eigenvalue weighted by molar-refractivity contribution is 6.29. The summed E-state index contributed by atoms with van der Waals surface area (Å²) in [5, 5.41) is 1.64. The Balaban J connectivity index is 2.59. The van der Waals surface area contributed by atoms with Crippen LogP contribution in [0.1, 0.15) is 10.5 Å². The number of alkyl halides is 4. The lowest BCUT2D eigenvalue weighted by Gasteiger charge is -2.15. The van der Waals surface area contributed by atoms with Crippen molar-refractivity contribution in [2.45, 2.75) is 12.3 Å². The summed E-state index contributed by atoms with van der Waals surface area (Å²) in [4.78, 5) is 18.2. The van der Waals surface area contributed by atoms with Crippen molar-refractivity contribution in [3.8, 4) is 0 Å². The van der Waals surface area contributed by atoms with Gasteiger partial charge in [0.05, 0.1) is 18.9 Å². The quantitative estimate of drug-likeness (QED) is 0.849. The Labute approximate surface area is 98.0 Å². The van der Waals surface area contributed by atoms with E-state index in [9.17, 15) is 22.4 Å². The summed E-state index contributed by atoms with van der Waals surface area (Å²) < 4.78 is 48.5. The van der Waals surface area contributed by atoms with E-state index in [2.05, 4.69) is 9.97 Å². The van der Waals surface area contributed by atoms with Gasteiger partial charge in [0.15, 0.2) is 0 Å². The summed E-state index contributed by atoms with van der Waals surface area (Å²) in [6, 6.07) is 0. The lowest BCUT2D eigenvalue weighted by molar-refractivity contribution is -0.123. The van der Waals surface area contributed by atoms with Crippen molar-refractivity contribution < 1.29 is 22.4 Å². The largest absolute Gasteiger partial charge is 0.344 e. The second-order valence-corrected chi connectivity index (χ2v) is 3.36. The summed E-state index contributed by atoms with van der Waals surface area (Å²) in [6.45, 7) is -1.48. The molecule has 0 aliphatic heterocycles. The van der Waals surface area contributed by atoms with E-state index in [-0.39, 0.29) is 10.8 Å². The van der Waals surface area contributed by atoms with Gasteiger partial charge in [0.2, 0.25) is 0 Å². The van der Waals surface area contributed by atoms with E-state index in [0.717, 1.165) is 12.4 Å².